The standard InChI is InChI=1S/C19H21ClF2N2O3S/c1-4-24(5-2)28(26,27)14-8-6-13(7-9-14)12(3)23-19(25)15-10-17(21)18(22)11-16(15)20/h6-12H,4-5H2,1-3H3,(H,23,25). The number of hydrogen-bond donors (Lipinski definition) is 1. The lowest BCUT2D eigenvalue weighted by Crippen LogP contribution is -2.30. The fraction of sp³-hybridized carbons (Fsp3) is 0.316. The van der Waals surface area contributed by atoms with E-state index >= 15 is 0 Å². The summed E-state index contributed by atoms with van der Waals surface area (Å²) in [6, 6.07) is 7.08. The molecule has 5 nitrogen and oxygen atoms in total. The van der Waals surface area contributed by atoms with Gasteiger partial charge in [0.25, 0.3) is 5.91 Å². The number of rotatable bonds is 7. The number of benzene rings is 2. The number of hydrogen-bond acceptors (Lipinski definition) is 3. The second-order valence-corrected chi connectivity index (χ2v) is 8.44. The molecule has 0 aromatic heterocycles. The van der Waals surface area contributed by atoms with Gasteiger partial charge < -0.3 is 5.32 Å². The van der Waals surface area contributed by atoms with Crippen molar-refractivity contribution >= 4 is 27.5 Å². The molecule has 0 aliphatic rings. The molecule has 9 heteroatoms. The van der Waals surface area contributed by atoms with Crippen molar-refractivity contribution in [3.63, 3.8) is 0 Å². The van der Waals surface area contributed by atoms with Crippen molar-refractivity contribution in [3.05, 3.63) is 64.2 Å². The molecule has 1 unspecified atom stereocenters. The first-order valence-electron chi connectivity index (χ1n) is 8.67. The van der Waals surface area contributed by atoms with Crippen molar-refractivity contribution in [1.82, 2.24) is 9.62 Å². The van der Waals surface area contributed by atoms with Gasteiger partial charge in [-0.25, -0.2) is 17.2 Å². The van der Waals surface area contributed by atoms with E-state index in [2.05, 4.69) is 5.32 Å². The highest BCUT2D eigenvalue weighted by Crippen LogP contribution is 2.23. The third-order valence-electron chi connectivity index (χ3n) is 4.33. The van der Waals surface area contributed by atoms with Crippen LogP contribution >= 0.6 is 11.6 Å². The summed E-state index contributed by atoms with van der Waals surface area (Å²) in [4.78, 5) is 12.5. The minimum atomic E-state index is -3.57. The predicted octanol–water partition coefficient (Wildman–Crippen LogP) is 4.14. The molecule has 0 saturated carbocycles. The first-order valence-corrected chi connectivity index (χ1v) is 10.5. The highest BCUT2D eigenvalue weighted by molar-refractivity contribution is 7.89. The first-order chi connectivity index (χ1) is 13.1. The van der Waals surface area contributed by atoms with Crippen LogP contribution in [0.4, 0.5) is 8.78 Å². The molecule has 152 valence electrons. The van der Waals surface area contributed by atoms with Gasteiger partial charge in [-0.2, -0.15) is 4.31 Å². The molecule has 2 rings (SSSR count). The van der Waals surface area contributed by atoms with Gasteiger partial charge in [0.1, 0.15) is 0 Å². The van der Waals surface area contributed by atoms with E-state index < -0.39 is 33.6 Å². The molecule has 1 atom stereocenters. The Morgan fingerprint density at radius 3 is 2.18 bits per heavy atom. The average Bonchev–Trinajstić information content (AvgIpc) is 2.65. The Morgan fingerprint density at radius 2 is 1.64 bits per heavy atom. The topological polar surface area (TPSA) is 66.5 Å². The molecule has 28 heavy (non-hydrogen) atoms. The quantitative estimate of drug-likeness (QED) is 0.671. The van der Waals surface area contributed by atoms with Gasteiger partial charge in [-0.05, 0) is 36.8 Å². The van der Waals surface area contributed by atoms with Crippen LogP contribution in [0.25, 0.3) is 0 Å². The summed E-state index contributed by atoms with van der Waals surface area (Å²) < 4.78 is 52.9. The summed E-state index contributed by atoms with van der Waals surface area (Å²) in [5.41, 5.74) is 0.457. The highest BCUT2D eigenvalue weighted by Gasteiger charge is 2.22. The Hall–Kier alpha value is -2.03. The molecule has 0 spiro atoms. The van der Waals surface area contributed by atoms with Crippen molar-refractivity contribution in [2.24, 2.45) is 0 Å². The van der Waals surface area contributed by atoms with E-state index in [0.29, 0.717) is 18.7 Å². The lowest BCUT2D eigenvalue weighted by Gasteiger charge is -2.19. The third-order valence-corrected chi connectivity index (χ3v) is 6.70. The van der Waals surface area contributed by atoms with Gasteiger partial charge >= 0.3 is 0 Å². The summed E-state index contributed by atoms with van der Waals surface area (Å²) in [5.74, 6) is -2.98. The molecule has 0 radical (unpaired) electrons. The van der Waals surface area contributed by atoms with Crippen molar-refractivity contribution in [2.75, 3.05) is 13.1 Å². The van der Waals surface area contributed by atoms with E-state index in [1.807, 2.05) is 0 Å². The summed E-state index contributed by atoms with van der Waals surface area (Å²) in [5, 5.41) is 2.43. The molecule has 0 aliphatic heterocycles. The van der Waals surface area contributed by atoms with Gasteiger partial charge in [0.15, 0.2) is 11.6 Å². The SMILES string of the molecule is CCN(CC)S(=O)(=O)c1ccc(C(C)NC(=O)c2cc(F)c(F)cc2Cl)cc1. The van der Waals surface area contributed by atoms with Gasteiger partial charge in [-0.3, -0.25) is 4.79 Å². The second-order valence-electron chi connectivity index (χ2n) is 6.10. The highest BCUT2D eigenvalue weighted by atomic mass is 35.5. The Balaban J connectivity index is 2.18. The van der Waals surface area contributed by atoms with E-state index in [4.69, 9.17) is 11.6 Å². The van der Waals surface area contributed by atoms with E-state index in [9.17, 15) is 22.0 Å². The van der Waals surface area contributed by atoms with Crippen LogP contribution in [0, 0.1) is 11.6 Å². The summed E-state index contributed by atoms with van der Waals surface area (Å²) in [7, 11) is -3.57. The summed E-state index contributed by atoms with van der Waals surface area (Å²) >= 11 is 5.82. The zero-order valence-corrected chi connectivity index (χ0v) is 17.2. The molecule has 0 fully saturated rings. The number of sulfonamides is 1. The molecule has 2 aromatic rings. The molecule has 0 aliphatic carbocycles. The lowest BCUT2D eigenvalue weighted by molar-refractivity contribution is 0.0939. The molecule has 0 bridgehead atoms. The van der Waals surface area contributed by atoms with E-state index in [1.54, 1.807) is 32.9 Å². The second kappa shape index (κ2) is 8.98. The molecule has 1 N–H and O–H groups in total. The number of halogens is 3. The zero-order valence-electron chi connectivity index (χ0n) is 15.7. The van der Waals surface area contributed by atoms with Gasteiger partial charge in [-0.1, -0.05) is 37.6 Å². The van der Waals surface area contributed by atoms with Crippen molar-refractivity contribution in [2.45, 2.75) is 31.7 Å². The maximum atomic E-state index is 13.4. The number of nitrogens with one attached hydrogen (secondary N) is 1. The van der Waals surface area contributed by atoms with Crippen LogP contribution in [0.1, 0.15) is 42.7 Å². The Labute approximate surface area is 168 Å². The third kappa shape index (κ3) is 4.68. The van der Waals surface area contributed by atoms with Crippen LogP contribution in [0.3, 0.4) is 0 Å². The van der Waals surface area contributed by atoms with E-state index in [1.165, 1.54) is 16.4 Å². The minimum Gasteiger partial charge on any atom is -0.345 e. The van der Waals surface area contributed by atoms with Crippen molar-refractivity contribution in [1.29, 1.82) is 0 Å². The molecule has 2 aromatic carbocycles. The largest absolute Gasteiger partial charge is 0.345 e. The van der Waals surface area contributed by atoms with E-state index in [-0.39, 0.29) is 15.5 Å². The minimum absolute atomic E-state index is 0.155. The smallest absolute Gasteiger partial charge is 0.253 e. The molecular formula is C19H21ClF2N2O3S. The first kappa shape index (κ1) is 22.3. The summed E-state index contributed by atoms with van der Waals surface area (Å²) in [6.45, 7) is 5.93. The molecular weight excluding hydrogens is 410 g/mol. The van der Waals surface area contributed by atoms with Crippen LogP contribution < -0.4 is 5.32 Å². The monoisotopic (exact) mass is 430 g/mol. The fourth-order valence-corrected chi connectivity index (χ4v) is 4.39. The van der Waals surface area contributed by atoms with Gasteiger partial charge in [0.2, 0.25) is 10.0 Å². The Morgan fingerprint density at radius 1 is 1.11 bits per heavy atom. The maximum Gasteiger partial charge on any atom is 0.253 e. The van der Waals surface area contributed by atoms with Crippen molar-refractivity contribution < 1.29 is 22.0 Å². The van der Waals surface area contributed by atoms with E-state index in [0.717, 1.165) is 12.1 Å². The van der Waals surface area contributed by atoms with Crippen LogP contribution in [-0.4, -0.2) is 31.7 Å². The maximum absolute atomic E-state index is 13.4. The fourth-order valence-electron chi connectivity index (χ4n) is 2.70. The van der Waals surface area contributed by atoms with Gasteiger partial charge in [-0.15, -0.1) is 0 Å². The Bertz CT molecular complexity index is 962. The number of nitrogens with zero attached hydrogens (tertiary/aromatic N) is 1. The molecule has 0 saturated heterocycles. The van der Waals surface area contributed by atoms with Crippen molar-refractivity contribution in [3.8, 4) is 0 Å². The zero-order chi connectivity index (χ0) is 21.1. The van der Waals surface area contributed by atoms with Crippen LogP contribution in [0.5, 0.6) is 0 Å². The van der Waals surface area contributed by atoms with Gasteiger partial charge in [0, 0.05) is 13.1 Å². The number of amides is 1. The Kier molecular flexibility index (Phi) is 7.14. The average molecular weight is 431 g/mol. The van der Waals surface area contributed by atoms with Gasteiger partial charge in [0.05, 0.1) is 21.5 Å². The van der Waals surface area contributed by atoms with Crippen LogP contribution in [-0.2, 0) is 10.0 Å². The van der Waals surface area contributed by atoms with Crippen LogP contribution in [0.2, 0.25) is 5.02 Å². The lowest BCUT2D eigenvalue weighted by atomic mass is 10.1. The predicted molar refractivity (Wildman–Crippen MR) is 104 cm³/mol. The normalized spacial score (nSPS) is 12.8. The van der Waals surface area contributed by atoms with Crippen LogP contribution in [0.15, 0.2) is 41.3 Å². The summed E-state index contributed by atoms with van der Waals surface area (Å²) in [6.07, 6.45) is 0. The number of carbonyl (C=O) groups is 1. The molecule has 0 heterocycles. The molecule has 1 amide bonds. The number of carbonyl (C=O) groups excluding carboxylic acids is 1.